The molecule has 5 nitrogen and oxygen atoms in total. The van der Waals surface area contributed by atoms with Crippen LogP contribution in [0.3, 0.4) is 0 Å². The predicted molar refractivity (Wildman–Crippen MR) is 78.5 cm³/mol. The van der Waals surface area contributed by atoms with Crippen LogP contribution in [0.4, 0.5) is 4.79 Å². The first-order valence-corrected chi connectivity index (χ1v) is 7.54. The van der Waals surface area contributed by atoms with Gasteiger partial charge in [0.1, 0.15) is 0 Å². The number of hydrogen-bond acceptors (Lipinski definition) is 4. The Labute approximate surface area is 122 Å². The second-order valence-electron chi connectivity index (χ2n) is 5.50. The molecule has 118 valence electrons. The van der Waals surface area contributed by atoms with E-state index in [0.29, 0.717) is 19.1 Å². The number of esters is 1. The van der Waals surface area contributed by atoms with Crippen molar-refractivity contribution in [2.45, 2.75) is 65.8 Å². The number of carbonyl (C=O) groups excluding carboxylic acids is 2. The third-order valence-electron chi connectivity index (χ3n) is 2.76. The largest absolute Gasteiger partial charge is 0.466 e. The zero-order valence-corrected chi connectivity index (χ0v) is 13.2. The van der Waals surface area contributed by atoms with Gasteiger partial charge in [-0.2, -0.15) is 0 Å². The lowest BCUT2D eigenvalue weighted by atomic mass is 10.1. The minimum absolute atomic E-state index is 0.171. The van der Waals surface area contributed by atoms with Gasteiger partial charge in [0, 0.05) is 6.04 Å². The molecule has 0 radical (unpaired) electrons. The van der Waals surface area contributed by atoms with Crippen LogP contribution in [0.1, 0.15) is 59.8 Å². The lowest BCUT2D eigenvalue weighted by Gasteiger charge is -2.13. The topological polar surface area (TPSA) is 64.6 Å². The highest BCUT2D eigenvalue weighted by atomic mass is 16.5. The Bertz CT molecular complexity index is 279. The molecule has 0 aromatic carbocycles. The Morgan fingerprint density at radius 1 is 1.05 bits per heavy atom. The molecule has 0 saturated carbocycles. The van der Waals surface area contributed by atoms with Crippen LogP contribution in [0, 0.1) is 5.92 Å². The molecule has 0 spiro atoms. The lowest BCUT2D eigenvalue weighted by molar-refractivity contribution is -0.144. The Morgan fingerprint density at radius 3 is 2.30 bits per heavy atom. The summed E-state index contributed by atoms with van der Waals surface area (Å²) in [5.74, 6) is 0.335. The van der Waals surface area contributed by atoms with E-state index in [9.17, 15) is 9.59 Å². The first kappa shape index (κ1) is 18.7. The molecule has 5 heteroatoms. The first-order valence-electron chi connectivity index (χ1n) is 7.54. The summed E-state index contributed by atoms with van der Waals surface area (Å²) in [5, 5.41) is 2.62. The molecule has 0 bridgehead atoms. The fourth-order valence-electron chi connectivity index (χ4n) is 1.59. The van der Waals surface area contributed by atoms with E-state index >= 15 is 0 Å². The van der Waals surface area contributed by atoms with Crippen molar-refractivity contribution >= 4 is 12.1 Å². The van der Waals surface area contributed by atoms with Gasteiger partial charge < -0.3 is 14.8 Å². The summed E-state index contributed by atoms with van der Waals surface area (Å²) >= 11 is 0. The highest BCUT2D eigenvalue weighted by molar-refractivity contribution is 5.72. The maximum absolute atomic E-state index is 11.5. The normalized spacial score (nSPS) is 12.1. The van der Waals surface area contributed by atoms with E-state index in [2.05, 4.69) is 19.2 Å². The van der Waals surface area contributed by atoms with E-state index < -0.39 is 6.09 Å². The zero-order chi connectivity index (χ0) is 15.4. The number of amides is 1. The number of alkyl carbamates (subject to hydrolysis) is 1. The molecule has 0 aliphatic carbocycles. The Hall–Kier alpha value is -1.26. The number of unbranched alkanes of at least 4 members (excludes halogenated alkanes) is 1. The summed E-state index contributed by atoms with van der Waals surface area (Å²) in [6.07, 6.45) is 3.45. The van der Waals surface area contributed by atoms with Gasteiger partial charge in [-0.05, 0) is 32.1 Å². The van der Waals surface area contributed by atoms with Crippen molar-refractivity contribution in [2.24, 2.45) is 5.92 Å². The molecule has 1 atom stereocenters. The second-order valence-corrected chi connectivity index (χ2v) is 5.50. The molecule has 0 rings (SSSR count). The van der Waals surface area contributed by atoms with E-state index in [0.717, 1.165) is 25.7 Å². The average Bonchev–Trinajstić information content (AvgIpc) is 2.34. The summed E-state index contributed by atoms with van der Waals surface area (Å²) < 4.78 is 10.1. The summed E-state index contributed by atoms with van der Waals surface area (Å²) in [6.45, 7) is 8.92. The highest BCUT2D eigenvalue weighted by Gasteiger charge is 2.13. The van der Waals surface area contributed by atoms with Crippen LogP contribution < -0.4 is 5.32 Å². The SMILES string of the molecule is CCCCOC(=O)NC(C)CC(=O)OCCCC(C)C. The van der Waals surface area contributed by atoms with Crippen LogP contribution in [0.15, 0.2) is 0 Å². The van der Waals surface area contributed by atoms with Crippen molar-refractivity contribution in [3.05, 3.63) is 0 Å². The van der Waals surface area contributed by atoms with E-state index in [1.54, 1.807) is 6.92 Å². The standard InChI is InChI=1S/C15H29NO4/c1-5-6-9-20-15(18)16-13(4)11-14(17)19-10-7-8-12(2)3/h12-13H,5-11H2,1-4H3,(H,16,18). The van der Waals surface area contributed by atoms with Gasteiger partial charge in [-0.15, -0.1) is 0 Å². The molecule has 0 aliphatic rings. The van der Waals surface area contributed by atoms with E-state index in [1.807, 2.05) is 6.92 Å². The average molecular weight is 287 g/mol. The molecule has 0 aliphatic heterocycles. The third kappa shape index (κ3) is 11.8. The maximum Gasteiger partial charge on any atom is 0.407 e. The Balaban J connectivity index is 3.65. The summed E-state index contributed by atoms with van der Waals surface area (Å²) in [5.41, 5.74) is 0. The van der Waals surface area contributed by atoms with E-state index in [-0.39, 0.29) is 18.4 Å². The molecular weight excluding hydrogens is 258 g/mol. The monoisotopic (exact) mass is 287 g/mol. The second kappa shape index (κ2) is 11.6. The van der Waals surface area contributed by atoms with Crippen molar-refractivity contribution in [3.63, 3.8) is 0 Å². The van der Waals surface area contributed by atoms with Crippen molar-refractivity contribution in [3.8, 4) is 0 Å². The molecular formula is C15H29NO4. The molecule has 20 heavy (non-hydrogen) atoms. The molecule has 1 amide bonds. The summed E-state index contributed by atoms with van der Waals surface area (Å²) in [7, 11) is 0. The first-order chi connectivity index (χ1) is 9.45. The summed E-state index contributed by atoms with van der Waals surface area (Å²) in [4.78, 5) is 22.9. The van der Waals surface area contributed by atoms with Gasteiger partial charge in [-0.25, -0.2) is 4.79 Å². The third-order valence-corrected chi connectivity index (χ3v) is 2.76. The number of ether oxygens (including phenoxy) is 2. The number of rotatable bonds is 10. The molecule has 1 unspecified atom stereocenters. The van der Waals surface area contributed by atoms with Crippen molar-refractivity contribution in [2.75, 3.05) is 13.2 Å². The lowest BCUT2D eigenvalue weighted by Crippen LogP contribution is -2.35. The van der Waals surface area contributed by atoms with Gasteiger partial charge >= 0.3 is 12.1 Å². The summed E-state index contributed by atoms with van der Waals surface area (Å²) in [6, 6.07) is -0.276. The molecule has 0 saturated heterocycles. The van der Waals surface area contributed by atoms with Gasteiger partial charge in [0.05, 0.1) is 19.6 Å². The highest BCUT2D eigenvalue weighted by Crippen LogP contribution is 2.04. The molecule has 0 fully saturated rings. The maximum atomic E-state index is 11.5. The van der Waals surface area contributed by atoms with Crippen LogP contribution in [-0.2, 0) is 14.3 Å². The van der Waals surface area contributed by atoms with Gasteiger partial charge in [0.15, 0.2) is 0 Å². The van der Waals surface area contributed by atoms with E-state index in [4.69, 9.17) is 9.47 Å². The van der Waals surface area contributed by atoms with Crippen LogP contribution in [0.2, 0.25) is 0 Å². The predicted octanol–water partition coefficient (Wildman–Crippen LogP) is 3.27. The number of hydrogen-bond donors (Lipinski definition) is 1. The van der Waals surface area contributed by atoms with Gasteiger partial charge in [-0.3, -0.25) is 4.79 Å². The van der Waals surface area contributed by atoms with E-state index in [1.165, 1.54) is 0 Å². The Morgan fingerprint density at radius 2 is 1.70 bits per heavy atom. The minimum Gasteiger partial charge on any atom is -0.466 e. The van der Waals surface area contributed by atoms with Crippen molar-refractivity contribution < 1.29 is 19.1 Å². The Kier molecular flexibility index (Phi) is 10.8. The zero-order valence-electron chi connectivity index (χ0n) is 13.2. The van der Waals surface area contributed by atoms with Crippen molar-refractivity contribution in [1.29, 1.82) is 0 Å². The quantitative estimate of drug-likeness (QED) is 0.495. The van der Waals surface area contributed by atoms with Gasteiger partial charge in [0.2, 0.25) is 0 Å². The van der Waals surface area contributed by atoms with Gasteiger partial charge in [-0.1, -0.05) is 27.2 Å². The molecule has 0 aromatic rings. The fraction of sp³-hybridized carbons (Fsp3) is 0.867. The van der Waals surface area contributed by atoms with Crippen molar-refractivity contribution in [1.82, 2.24) is 5.32 Å². The molecule has 1 N–H and O–H groups in total. The van der Waals surface area contributed by atoms with Crippen LogP contribution in [0.25, 0.3) is 0 Å². The van der Waals surface area contributed by atoms with Crippen LogP contribution in [-0.4, -0.2) is 31.3 Å². The van der Waals surface area contributed by atoms with Crippen LogP contribution >= 0.6 is 0 Å². The van der Waals surface area contributed by atoms with Gasteiger partial charge in [0.25, 0.3) is 0 Å². The smallest absolute Gasteiger partial charge is 0.407 e. The van der Waals surface area contributed by atoms with Crippen LogP contribution in [0.5, 0.6) is 0 Å². The number of nitrogens with one attached hydrogen (secondary N) is 1. The number of carbonyl (C=O) groups is 2. The molecule has 0 aromatic heterocycles. The fourth-order valence-corrected chi connectivity index (χ4v) is 1.59. The molecule has 0 heterocycles. The minimum atomic E-state index is -0.474.